The van der Waals surface area contributed by atoms with Gasteiger partial charge in [0, 0.05) is 21.8 Å². The smallest absolute Gasteiger partial charge is 0.259 e. The Morgan fingerprint density at radius 1 is 1.02 bits per heavy atom. The zero-order chi connectivity index (χ0) is 29.0. The third-order valence-electron chi connectivity index (χ3n) is 7.58. The van der Waals surface area contributed by atoms with Gasteiger partial charge in [0.15, 0.2) is 0 Å². The van der Waals surface area contributed by atoms with E-state index in [-0.39, 0.29) is 11.3 Å². The zero-order valence-corrected chi connectivity index (χ0v) is 25.4. The van der Waals surface area contributed by atoms with Gasteiger partial charge in [-0.05, 0) is 108 Å². The maximum Gasteiger partial charge on any atom is 0.259 e. The second-order valence-electron chi connectivity index (χ2n) is 11.4. The number of benzene rings is 3. The number of fused-ring (bicyclic) bond motifs is 1. The minimum absolute atomic E-state index is 0.131. The maximum atomic E-state index is 13.6. The predicted octanol–water partition coefficient (Wildman–Crippen LogP) is 9.14. The number of nitrogens with zero attached hydrogens (tertiary/aromatic N) is 1. The van der Waals surface area contributed by atoms with Crippen molar-refractivity contribution >= 4 is 45.7 Å². The first-order chi connectivity index (χ1) is 19.7. The van der Waals surface area contributed by atoms with Gasteiger partial charge in [-0.2, -0.15) is 0 Å². The van der Waals surface area contributed by atoms with Gasteiger partial charge in [0.25, 0.3) is 5.91 Å². The lowest BCUT2D eigenvalue weighted by atomic mass is 9.72. The highest BCUT2D eigenvalue weighted by molar-refractivity contribution is 7.16. The molecule has 4 aromatic rings. The average Bonchev–Trinajstić information content (AvgIpc) is 3.34. The summed E-state index contributed by atoms with van der Waals surface area (Å²) in [7, 11) is 1.66. The third kappa shape index (κ3) is 7.19. The summed E-state index contributed by atoms with van der Waals surface area (Å²) >= 11 is 7.68. The lowest BCUT2D eigenvalue weighted by Gasteiger charge is -2.33. The van der Waals surface area contributed by atoms with Crippen LogP contribution in [0.1, 0.15) is 59.1 Å². The van der Waals surface area contributed by atoms with Crippen LogP contribution in [0.2, 0.25) is 5.02 Å². The van der Waals surface area contributed by atoms with E-state index in [0.29, 0.717) is 28.8 Å². The fourth-order valence-electron chi connectivity index (χ4n) is 5.03. The molecule has 7 heteroatoms. The summed E-state index contributed by atoms with van der Waals surface area (Å²) in [6.45, 7) is 7.37. The van der Waals surface area contributed by atoms with Gasteiger partial charge in [0.1, 0.15) is 23.1 Å². The second kappa shape index (κ2) is 12.5. The van der Waals surface area contributed by atoms with Crippen molar-refractivity contribution in [2.24, 2.45) is 16.3 Å². The first-order valence-corrected chi connectivity index (χ1v) is 15.0. The predicted molar refractivity (Wildman–Crippen MR) is 170 cm³/mol. The monoisotopic (exact) mass is 586 g/mol. The maximum absolute atomic E-state index is 13.6. The largest absolute Gasteiger partial charge is 0.497 e. The molecule has 0 bridgehead atoms. The Morgan fingerprint density at radius 3 is 2.37 bits per heavy atom. The van der Waals surface area contributed by atoms with Crippen LogP contribution in [0.4, 0.5) is 10.7 Å². The molecule has 1 heterocycles. The summed E-state index contributed by atoms with van der Waals surface area (Å²) in [6, 6.07) is 22.8. The van der Waals surface area contributed by atoms with E-state index in [2.05, 4.69) is 26.1 Å². The van der Waals surface area contributed by atoms with E-state index in [4.69, 9.17) is 26.1 Å². The van der Waals surface area contributed by atoms with Crippen LogP contribution in [-0.2, 0) is 19.4 Å². The second-order valence-corrected chi connectivity index (χ2v) is 12.9. The fraction of sp³-hybridized carbons (Fsp3) is 0.294. The van der Waals surface area contributed by atoms with E-state index >= 15 is 0 Å². The molecule has 1 aromatic heterocycles. The first kappa shape index (κ1) is 28.9. The van der Waals surface area contributed by atoms with Crippen molar-refractivity contribution < 1.29 is 14.3 Å². The SMILES string of the molecule is COc1ccc(COc2ccc(C=Nc3sc4c(c3C(=O)Nc3ccc(Cl)cc3)CC[C@@H](C(C)(C)C)C4)cc2)cc1. The summed E-state index contributed by atoms with van der Waals surface area (Å²) in [5.41, 5.74) is 4.75. The van der Waals surface area contributed by atoms with E-state index in [1.54, 1.807) is 30.6 Å². The third-order valence-corrected chi connectivity index (χ3v) is 8.99. The summed E-state index contributed by atoms with van der Waals surface area (Å²) < 4.78 is 11.2. The molecule has 1 atom stereocenters. The first-order valence-electron chi connectivity index (χ1n) is 13.8. The van der Waals surface area contributed by atoms with E-state index < -0.39 is 0 Å². The number of carbonyl (C=O) groups excluding carboxylic acids is 1. The molecule has 0 saturated heterocycles. The van der Waals surface area contributed by atoms with Crippen LogP contribution in [0.25, 0.3) is 0 Å². The Morgan fingerprint density at radius 2 is 1.71 bits per heavy atom. The van der Waals surface area contributed by atoms with Crippen molar-refractivity contribution in [3.63, 3.8) is 0 Å². The minimum Gasteiger partial charge on any atom is -0.497 e. The topological polar surface area (TPSA) is 59.9 Å². The molecule has 0 fully saturated rings. The van der Waals surface area contributed by atoms with Crippen molar-refractivity contribution in [1.82, 2.24) is 0 Å². The molecule has 0 radical (unpaired) electrons. The van der Waals surface area contributed by atoms with Crippen molar-refractivity contribution in [3.05, 3.63) is 105 Å². The Labute approximate surface area is 251 Å². The van der Waals surface area contributed by atoms with E-state index in [0.717, 1.165) is 52.5 Å². The molecule has 5 nitrogen and oxygen atoms in total. The lowest BCUT2D eigenvalue weighted by Crippen LogP contribution is -2.27. The van der Waals surface area contributed by atoms with Crippen LogP contribution in [0.3, 0.4) is 0 Å². The molecule has 3 aromatic carbocycles. The zero-order valence-electron chi connectivity index (χ0n) is 23.9. The van der Waals surface area contributed by atoms with Gasteiger partial charge in [-0.25, -0.2) is 4.99 Å². The number of nitrogens with one attached hydrogen (secondary N) is 1. The Hall–Kier alpha value is -3.61. The molecular weight excluding hydrogens is 552 g/mol. The molecule has 212 valence electrons. The Kier molecular flexibility index (Phi) is 8.81. The normalized spacial score (nSPS) is 15.0. The molecule has 1 amide bonds. The van der Waals surface area contributed by atoms with Crippen molar-refractivity contribution in [2.45, 2.75) is 46.6 Å². The van der Waals surface area contributed by atoms with Gasteiger partial charge in [0.05, 0.1) is 12.7 Å². The van der Waals surface area contributed by atoms with E-state index in [9.17, 15) is 4.79 Å². The van der Waals surface area contributed by atoms with Gasteiger partial charge in [-0.1, -0.05) is 44.5 Å². The van der Waals surface area contributed by atoms with Gasteiger partial charge >= 0.3 is 0 Å². The molecule has 0 unspecified atom stereocenters. The number of thiophene rings is 1. The van der Waals surface area contributed by atoms with Crippen molar-refractivity contribution in [2.75, 3.05) is 12.4 Å². The number of anilines is 1. The number of rotatable bonds is 8. The van der Waals surface area contributed by atoms with Crippen LogP contribution < -0.4 is 14.8 Å². The Balaban J connectivity index is 1.34. The Bertz CT molecular complexity index is 1520. The van der Waals surface area contributed by atoms with Crippen LogP contribution in [0.15, 0.2) is 77.8 Å². The molecule has 0 spiro atoms. The number of carbonyl (C=O) groups is 1. The molecule has 1 N–H and O–H groups in total. The van der Waals surface area contributed by atoms with E-state index in [1.807, 2.05) is 66.9 Å². The highest BCUT2D eigenvalue weighted by atomic mass is 35.5. The van der Waals surface area contributed by atoms with Crippen molar-refractivity contribution in [1.29, 1.82) is 0 Å². The summed E-state index contributed by atoms with van der Waals surface area (Å²) in [4.78, 5) is 19.7. The van der Waals surface area contributed by atoms with Crippen LogP contribution in [0, 0.1) is 11.3 Å². The molecular formula is C34H35ClN2O3S. The quantitative estimate of drug-likeness (QED) is 0.209. The van der Waals surface area contributed by atoms with Gasteiger partial charge in [-0.15, -0.1) is 11.3 Å². The molecule has 0 aliphatic heterocycles. The summed E-state index contributed by atoms with van der Waals surface area (Å²) in [5, 5.41) is 4.43. The van der Waals surface area contributed by atoms with Crippen molar-refractivity contribution in [3.8, 4) is 11.5 Å². The summed E-state index contributed by atoms with van der Waals surface area (Å²) in [5.74, 6) is 2.04. The molecule has 0 saturated carbocycles. The number of hydrogen-bond acceptors (Lipinski definition) is 5. The average molecular weight is 587 g/mol. The molecule has 1 aliphatic rings. The fourth-order valence-corrected chi connectivity index (χ4v) is 6.43. The number of methoxy groups -OCH3 is 1. The lowest BCUT2D eigenvalue weighted by molar-refractivity contribution is 0.102. The number of hydrogen-bond donors (Lipinski definition) is 1. The van der Waals surface area contributed by atoms with Gasteiger partial charge < -0.3 is 14.8 Å². The highest BCUT2D eigenvalue weighted by Crippen LogP contribution is 2.45. The van der Waals surface area contributed by atoms with Crippen LogP contribution in [-0.4, -0.2) is 19.2 Å². The number of halogens is 1. The number of ether oxygens (including phenoxy) is 2. The van der Waals surface area contributed by atoms with Gasteiger partial charge in [-0.3, -0.25) is 4.79 Å². The van der Waals surface area contributed by atoms with Crippen LogP contribution in [0.5, 0.6) is 11.5 Å². The molecule has 5 rings (SSSR count). The van der Waals surface area contributed by atoms with Crippen LogP contribution >= 0.6 is 22.9 Å². The number of aliphatic imine (C=N–C) groups is 1. The minimum atomic E-state index is -0.131. The number of amides is 1. The summed E-state index contributed by atoms with van der Waals surface area (Å²) in [6.07, 6.45) is 4.74. The highest BCUT2D eigenvalue weighted by Gasteiger charge is 2.33. The standard InChI is InChI=1S/C34H35ClN2O3S/c1-34(2,3)24-9-18-29-30(19-24)41-33(31(29)32(38)37-26-12-10-25(35)11-13-26)36-20-22-5-16-28(17-6-22)40-21-23-7-14-27(39-4)15-8-23/h5-8,10-17,20,24H,9,18-19,21H2,1-4H3,(H,37,38)/t24-/m1/s1. The van der Waals surface area contributed by atoms with Gasteiger partial charge in [0.2, 0.25) is 0 Å². The molecule has 41 heavy (non-hydrogen) atoms. The molecule has 1 aliphatic carbocycles. The van der Waals surface area contributed by atoms with E-state index in [1.165, 1.54) is 4.88 Å².